The summed E-state index contributed by atoms with van der Waals surface area (Å²) in [7, 11) is 0. The lowest BCUT2D eigenvalue weighted by molar-refractivity contribution is -0.136. The van der Waals surface area contributed by atoms with Crippen LogP contribution in [0.5, 0.6) is 0 Å². The Balaban J connectivity index is 2.14. The number of nitrogens with one attached hydrogen (secondary N) is 1. The molecule has 2 nitrogen and oxygen atoms in total. The molecule has 0 bridgehead atoms. The molecular formula is C10H18F3NO. The molecule has 1 saturated heterocycles. The minimum Gasteiger partial charge on any atom is -0.393 e. The summed E-state index contributed by atoms with van der Waals surface area (Å²) < 4.78 is 35.6. The smallest absolute Gasteiger partial charge is 0.389 e. The zero-order valence-corrected chi connectivity index (χ0v) is 8.69. The Hall–Kier alpha value is -0.290. The first kappa shape index (κ1) is 12.8. The van der Waals surface area contributed by atoms with Crippen LogP contribution in [0.2, 0.25) is 0 Å². The lowest BCUT2D eigenvalue weighted by Crippen LogP contribution is -2.34. The third-order valence-electron chi connectivity index (χ3n) is 2.89. The summed E-state index contributed by atoms with van der Waals surface area (Å²) in [5, 5.41) is 12.8. The fourth-order valence-corrected chi connectivity index (χ4v) is 1.98. The second-order valence-corrected chi connectivity index (χ2v) is 4.16. The Morgan fingerprint density at radius 3 is 2.40 bits per heavy atom. The summed E-state index contributed by atoms with van der Waals surface area (Å²) in [5.41, 5.74) is 0. The maximum atomic E-state index is 11.9. The Labute approximate surface area is 87.9 Å². The van der Waals surface area contributed by atoms with Gasteiger partial charge in [-0.3, -0.25) is 0 Å². The Morgan fingerprint density at radius 2 is 1.87 bits per heavy atom. The first-order valence-electron chi connectivity index (χ1n) is 5.44. The van der Waals surface area contributed by atoms with E-state index in [-0.39, 0.29) is 18.8 Å². The van der Waals surface area contributed by atoms with Crippen molar-refractivity contribution in [3.8, 4) is 0 Å². The topological polar surface area (TPSA) is 32.3 Å². The largest absolute Gasteiger partial charge is 0.393 e. The molecule has 2 N–H and O–H groups in total. The summed E-state index contributed by atoms with van der Waals surface area (Å²) in [6, 6.07) is 0. The van der Waals surface area contributed by atoms with Crippen molar-refractivity contribution < 1.29 is 18.3 Å². The maximum Gasteiger partial charge on any atom is 0.389 e. The fourth-order valence-electron chi connectivity index (χ4n) is 1.98. The quantitative estimate of drug-likeness (QED) is 0.767. The molecule has 1 heterocycles. The molecule has 0 aromatic rings. The van der Waals surface area contributed by atoms with Crippen molar-refractivity contribution in [1.82, 2.24) is 5.32 Å². The molecule has 1 fully saturated rings. The second-order valence-electron chi connectivity index (χ2n) is 4.16. The van der Waals surface area contributed by atoms with E-state index in [1.165, 1.54) is 0 Å². The predicted molar refractivity (Wildman–Crippen MR) is 51.5 cm³/mol. The molecule has 0 saturated carbocycles. The zero-order valence-electron chi connectivity index (χ0n) is 8.69. The molecule has 90 valence electrons. The normalized spacial score (nSPS) is 21.6. The fraction of sp³-hybridized carbons (Fsp3) is 1.00. The van der Waals surface area contributed by atoms with Gasteiger partial charge < -0.3 is 10.4 Å². The molecule has 1 aliphatic heterocycles. The summed E-state index contributed by atoms with van der Waals surface area (Å²) in [5.74, 6) is 0.180. The average Bonchev–Trinajstić information content (AvgIpc) is 2.17. The van der Waals surface area contributed by atoms with Gasteiger partial charge in [0.2, 0.25) is 0 Å². The van der Waals surface area contributed by atoms with Crippen molar-refractivity contribution in [2.24, 2.45) is 5.92 Å². The number of piperidine rings is 1. The summed E-state index contributed by atoms with van der Waals surface area (Å²) in [4.78, 5) is 0. The summed E-state index contributed by atoms with van der Waals surface area (Å²) in [6.07, 6.45) is -3.39. The van der Waals surface area contributed by atoms with E-state index in [2.05, 4.69) is 5.32 Å². The molecule has 1 aliphatic rings. The van der Waals surface area contributed by atoms with Gasteiger partial charge in [0, 0.05) is 6.42 Å². The van der Waals surface area contributed by atoms with Crippen molar-refractivity contribution in [1.29, 1.82) is 0 Å². The van der Waals surface area contributed by atoms with Gasteiger partial charge in [-0.15, -0.1) is 0 Å². The molecule has 1 rings (SSSR count). The molecule has 0 aromatic carbocycles. The van der Waals surface area contributed by atoms with Crippen LogP contribution in [0.3, 0.4) is 0 Å². The Kier molecular flexibility index (Phi) is 4.86. The number of alkyl halides is 3. The molecule has 1 atom stereocenters. The molecular weight excluding hydrogens is 207 g/mol. The Bertz CT molecular complexity index is 178. The lowest BCUT2D eigenvalue weighted by Gasteiger charge is -2.27. The van der Waals surface area contributed by atoms with Crippen LogP contribution in [-0.2, 0) is 0 Å². The molecule has 0 aromatic heterocycles. The van der Waals surface area contributed by atoms with Crippen molar-refractivity contribution in [2.45, 2.75) is 44.4 Å². The minimum atomic E-state index is -4.09. The molecule has 15 heavy (non-hydrogen) atoms. The van der Waals surface area contributed by atoms with E-state index in [4.69, 9.17) is 0 Å². The van der Waals surface area contributed by atoms with E-state index in [0.717, 1.165) is 25.9 Å². The van der Waals surface area contributed by atoms with Crippen LogP contribution in [0, 0.1) is 5.92 Å². The van der Waals surface area contributed by atoms with Gasteiger partial charge in [0.1, 0.15) is 0 Å². The van der Waals surface area contributed by atoms with Crippen molar-refractivity contribution in [2.75, 3.05) is 13.1 Å². The van der Waals surface area contributed by atoms with Gasteiger partial charge in [0.25, 0.3) is 0 Å². The van der Waals surface area contributed by atoms with Crippen molar-refractivity contribution in [3.05, 3.63) is 0 Å². The number of halogens is 3. The molecule has 1 unspecified atom stereocenters. The van der Waals surface area contributed by atoms with E-state index in [9.17, 15) is 18.3 Å². The number of aliphatic hydroxyl groups excluding tert-OH is 1. The van der Waals surface area contributed by atoms with Crippen LogP contribution < -0.4 is 5.32 Å². The number of hydrogen-bond donors (Lipinski definition) is 2. The van der Waals surface area contributed by atoms with E-state index < -0.39 is 18.7 Å². The Morgan fingerprint density at radius 1 is 1.27 bits per heavy atom. The highest BCUT2D eigenvalue weighted by atomic mass is 19.4. The van der Waals surface area contributed by atoms with Crippen molar-refractivity contribution in [3.63, 3.8) is 0 Å². The second kappa shape index (κ2) is 5.70. The molecule has 0 radical (unpaired) electrons. The predicted octanol–water partition coefficient (Wildman–Crippen LogP) is 2.08. The standard InChI is InChI=1S/C10H18F3NO/c11-10(12,13)5-1-2-9(15)8-3-6-14-7-4-8/h8-9,14-15H,1-7H2. The maximum absolute atomic E-state index is 11.9. The number of aliphatic hydroxyl groups is 1. The number of hydrogen-bond acceptors (Lipinski definition) is 2. The molecule has 0 aliphatic carbocycles. The third-order valence-corrected chi connectivity index (χ3v) is 2.89. The molecule has 0 spiro atoms. The van der Waals surface area contributed by atoms with Gasteiger partial charge in [0.15, 0.2) is 0 Å². The van der Waals surface area contributed by atoms with Crippen LogP contribution in [0.1, 0.15) is 32.1 Å². The van der Waals surface area contributed by atoms with Gasteiger partial charge in [0.05, 0.1) is 6.10 Å². The van der Waals surface area contributed by atoms with E-state index in [0.29, 0.717) is 0 Å². The number of rotatable bonds is 4. The van der Waals surface area contributed by atoms with Crippen LogP contribution in [0.25, 0.3) is 0 Å². The van der Waals surface area contributed by atoms with Gasteiger partial charge in [-0.05, 0) is 44.7 Å². The van der Waals surface area contributed by atoms with E-state index in [1.807, 2.05) is 0 Å². The van der Waals surface area contributed by atoms with Gasteiger partial charge >= 0.3 is 6.18 Å². The van der Waals surface area contributed by atoms with Crippen LogP contribution in [-0.4, -0.2) is 30.5 Å². The first-order valence-corrected chi connectivity index (χ1v) is 5.44. The van der Waals surface area contributed by atoms with E-state index in [1.54, 1.807) is 0 Å². The lowest BCUT2D eigenvalue weighted by atomic mass is 9.89. The highest BCUT2D eigenvalue weighted by Gasteiger charge is 2.28. The third kappa shape index (κ3) is 5.37. The molecule has 5 heteroatoms. The van der Waals surface area contributed by atoms with E-state index >= 15 is 0 Å². The summed E-state index contributed by atoms with van der Waals surface area (Å²) >= 11 is 0. The SMILES string of the molecule is OC(CCCC(F)(F)F)C1CCNCC1. The summed E-state index contributed by atoms with van der Waals surface area (Å²) in [6.45, 7) is 1.72. The van der Waals surface area contributed by atoms with Gasteiger partial charge in [-0.25, -0.2) is 0 Å². The zero-order chi connectivity index (χ0) is 11.3. The average molecular weight is 225 g/mol. The van der Waals surface area contributed by atoms with Crippen LogP contribution in [0.4, 0.5) is 13.2 Å². The first-order chi connectivity index (χ1) is 6.99. The van der Waals surface area contributed by atoms with Crippen LogP contribution in [0.15, 0.2) is 0 Å². The highest BCUT2D eigenvalue weighted by Crippen LogP contribution is 2.25. The van der Waals surface area contributed by atoms with Crippen LogP contribution >= 0.6 is 0 Å². The highest BCUT2D eigenvalue weighted by molar-refractivity contribution is 4.75. The minimum absolute atomic E-state index is 0.0363. The molecule has 0 amide bonds. The monoisotopic (exact) mass is 225 g/mol. The van der Waals surface area contributed by atoms with Crippen molar-refractivity contribution >= 4 is 0 Å². The van der Waals surface area contributed by atoms with Gasteiger partial charge in [-0.1, -0.05) is 0 Å². The van der Waals surface area contributed by atoms with Gasteiger partial charge in [-0.2, -0.15) is 13.2 Å².